The van der Waals surface area contributed by atoms with Crippen LogP contribution in [0.4, 0.5) is 9.18 Å². The summed E-state index contributed by atoms with van der Waals surface area (Å²) in [7, 11) is 0. The second-order valence-electron chi connectivity index (χ2n) is 8.00. The van der Waals surface area contributed by atoms with Crippen molar-refractivity contribution in [2.24, 2.45) is 5.92 Å². The number of carbonyl (C=O) groups excluding carboxylic acids is 4. The number of urea groups is 1. The average molecular weight is 403 g/mol. The molecule has 2 N–H and O–H groups in total. The highest BCUT2D eigenvalue weighted by Crippen LogP contribution is 2.42. The average Bonchev–Trinajstić information content (AvgIpc) is 3.57. The van der Waals surface area contributed by atoms with E-state index in [0.717, 1.165) is 30.6 Å². The molecule has 0 bridgehead atoms. The van der Waals surface area contributed by atoms with Gasteiger partial charge in [-0.2, -0.15) is 0 Å². The van der Waals surface area contributed by atoms with Gasteiger partial charge >= 0.3 is 12.0 Å². The van der Waals surface area contributed by atoms with Crippen LogP contribution in [0.15, 0.2) is 24.3 Å². The Morgan fingerprint density at radius 2 is 1.90 bits per heavy atom. The number of carbonyl (C=O) groups is 4. The van der Waals surface area contributed by atoms with Gasteiger partial charge in [0, 0.05) is 11.6 Å². The van der Waals surface area contributed by atoms with Crippen LogP contribution >= 0.6 is 0 Å². The molecule has 29 heavy (non-hydrogen) atoms. The highest BCUT2D eigenvalue weighted by molar-refractivity contribution is 6.09. The van der Waals surface area contributed by atoms with Crippen molar-refractivity contribution in [1.29, 1.82) is 0 Å². The summed E-state index contributed by atoms with van der Waals surface area (Å²) in [6, 6.07) is 4.43. The van der Waals surface area contributed by atoms with Crippen LogP contribution in [0.2, 0.25) is 0 Å². The lowest BCUT2D eigenvalue weighted by molar-refractivity contribution is -0.158. The van der Waals surface area contributed by atoms with Gasteiger partial charge < -0.3 is 15.4 Å². The van der Waals surface area contributed by atoms with Gasteiger partial charge in [0.25, 0.3) is 11.8 Å². The molecule has 4 rings (SSSR count). The molecule has 2 saturated carbocycles. The summed E-state index contributed by atoms with van der Waals surface area (Å²) in [5.41, 5.74) is -0.699. The Hall–Kier alpha value is -2.97. The van der Waals surface area contributed by atoms with Gasteiger partial charge in [-0.15, -0.1) is 0 Å². The highest BCUT2D eigenvalue weighted by Gasteiger charge is 2.56. The summed E-state index contributed by atoms with van der Waals surface area (Å²) in [5.74, 6) is -2.31. The monoisotopic (exact) mass is 403 g/mol. The number of nitrogens with zero attached hydrogens (tertiary/aromatic N) is 1. The van der Waals surface area contributed by atoms with Gasteiger partial charge in [0.05, 0.1) is 0 Å². The number of hydrogen-bond acceptors (Lipinski definition) is 5. The standard InChI is InChI=1S/C20H22FN3O5/c1-20(12-4-5-12)18(27)24(19(28)23-20)10-15(25)29-16(17(26)22-14-8-9-14)11-2-6-13(21)7-3-11/h2-3,6-7,12,14,16H,4-5,8-10H2,1H3,(H,22,26)(H,23,28). The van der Waals surface area contributed by atoms with Crippen molar-refractivity contribution in [2.75, 3.05) is 6.54 Å². The number of hydrogen-bond donors (Lipinski definition) is 2. The van der Waals surface area contributed by atoms with E-state index in [1.807, 2.05) is 0 Å². The predicted octanol–water partition coefficient (Wildman–Crippen LogP) is 1.41. The fraction of sp³-hybridized carbons (Fsp3) is 0.500. The van der Waals surface area contributed by atoms with Crippen LogP contribution in [-0.2, 0) is 19.1 Å². The van der Waals surface area contributed by atoms with Gasteiger partial charge in [0.15, 0.2) is 0 Å². The lowest BCUT2D eigenvalue weighted by atomic mass is 9.96. The molecular formula is C20H22FN3O5. The van der Waals surface area contributed by atoms with E-state index in [1.165, 1.54) is 24.3 Å². The van der Waals surface area contributed by atoms with E-state index >= 15 is 0 Å². The van der Waals surface area contributed by atoms with Crippen molar-refractivity contribution in [3.05, 3.63) is 35.6 Å². The molecule has 154 valence electrons. The molecule has 0 aromatic heterocycles. The molecule has 1 heterocycles. The maximum absolute atomic E-state index is 13.2. The number of nitrogens with one attached hydrogen (secondary N) is 2. The molecule has 9 heteroatoms. The Morgan fingerprint density at radius 1 is 1.24 bits per heavy atom. The minimum atomic E-state index is -1.29. The zero-order valence-electron chi connectivity index (χ0n) is 15.9. The third kappa shape index (κ3) is 3.94. The van der Waals surface area contributed by atoms with Gasteiger partial charge in [-0.3, -0.25) is 19.3 Å². The smallest absolute Gasteiger partial charge is 0.327 e. The third-order valence-corrected chi connectivity index (χ3v) is 5.57. The molecule has 1 aromatic rings. The van der Waals surface area contributed by atoms with Gasteiger partial charge in [-0.05, 0) is 50.7 Å². The van der Waals surface area contributed by atoms with Crippen LogP contribution in [-0.4, -0.2) is 46.8 Å². The Labute approximate surface area is 166 Å². The Kier molecular flexibility index (Phi) is 4.76. The Morgan fingerprint density at radius 3 is 2.48 bits per heavy atom. The molecule has 0 spiro atoms. The minimum absolute atomic E-state index is 0.0364. The number of amides is 4. The molecular weight excluding hydrogens is 381 g/mol. The number of imide groups is 1. The normalized spacial score (nSPS) is 24.8. The number of benzene rings is 1. The molecule has 1 saturated heterocycles. The summed E-state index contributed by atoms with van der Waals surface area (Å²) in [4.78, 5) is 50.7. The molecule has 3 fully saturated rings. The second kappa shape index (κ2) is 7.13. The van der Waals surface area contributed by atoms with E-state index in [-0.39, 0.29) is 12.0 Å². The van der Waals surface area contributed by atoms with Gasteiger partial charge in [-0.25, -0.2) is 9.18 Å². The number of esters is 1. The van der Waals surface area contributed by atoms with E-state index in [1.54, 1.807) is 6.92 Å². The summed E-state index contributed by atoms with van der Waals surface area (Å²) >= 11 is 0. The summed E-state index contributed by atoms with van der Waals surface area (Å²) in [5, 5.41) is 5.40. The van der Waals surface area contributed by atoms with E-state index in [4.69, 9.17) is 4.74 Å². The molecule has 1 aromatic carbocycles. The van der Waals surface area contributed by atoms with E-state index in [2.05, 4.69) is 10.6 Å². The Balaban J connectivity index is 1.46. The summed E-state index contributed by atoms with van der Waals surface area (Å²) < 4.78 is 18.6. The molecule has 4 amide bonds. The number of halogens is 1. The van der Waals surface area contributed by atoms with E-state index < -0.39 is 47.8 Å². The first-order valence-electron chi connectivity index (χ1n) is 9.67. The lowest BCUT2D eigenvalue weighted by Gasteiger charge is -2.21. The first-order valence-corrected chi connectivity index (χ1v) is 9.67. The van der Waals surface area contributed by atoms with E-state index in [9.17, 15) is 23.6 Å². The van der Waals surface area contributed by atoms with Crippen LogP contribution in [0.5, 0.6) is 0 Å². The lowest BCUT2D eigenvalue weighted by Crippen LogP contribution is -2.46. The molecule has 8 nitrogen and oxygen atoms in total. The van der Waals surface area contributed by atoms with Crippen molar-refractivity contribution >= 4 is 23.8 Å². The Bertz CT molecular complexity index is 865. The summed E-state index contributed by atoms with van der Waals surface area (Å²) in [6.45, 7) is 1.06. The minimum Gasteiger partial charge on any atom is -0.446 e. The molecule has 3 aliphatic rings. The van der Waals surface area contributed by atoms with Crippen molar-refractivity contribution < 1.29 is 28.3 Å². The molecule has 2 atom stereocenters. The van der Waals surface area contributed by atoms with Crippen molar-refractivity contribution in [3.8, 4) is 0 Å². The van der Waals surface area contributed by atoms with Crippen molar-refractivity contribution in [2.45, 2.75) is 50.3 Å². The first-order chi connectivity index (χ1) is 13.8. The number of ether oxygens (including phenoxy) is 1. The maximum atomic E-state index is 13.2. The van der Waals surface area contributed by atoms with Crippen LogP contribution < -0.4 is 10.6 Å². The van der Waals surface area contributed by atoms with Gasteiger partial charge in [0.2, 0.25) is 6.10 Å². The third-order valence-electron chi connectivity index (χ3n) is 5.57. The first kappa shape index (κ1) is 19.4. The summed E-state index contributed by atoms with van der Waals surface area (Å²) in [6.07, 6.45) is 2.08. The fourth-order valence-electron chi connectivity index (χ4n) is 3.51. The molecule has 0 radical (unpaired) electrons. The molecule has 2 aliphatic carbocycles. The van der Waals surface area contributed by atoms with Crippen LogP contribution in [0.1, 0.15) is 44.3 Å². The quantitative estimate of drug-likeness (QED) is 0.529. The van der Waals surface area contributed by atoms with Crippen LogP contribution in [0.25, 0.3) is 0 Å². The second-order valence-corrected chi connectivity index (χ2v) is 8.00. The fourth-order valence-corrected chi connectivity index (χ4v) is 3.51. The van der Waals surface area contributed by atoms with E-state index in [0.29, 0.717) is 5.56 Å². The largest absolute Gasteiger partial charge is 0.446 e. The van der Waals surface area contributed by atoms with Gasteiger partial charge in [0.1, 0.15) is 17.9 Å². The SMILES string of the molecule is CC1(C2CC2)NC(=O)N(CC(=O)OC(C(=O)NC2CC2)c2ccc(F)cc2)C1=O. The zero-order chi connectivity index (χ0) is 20.8. The topological polar surface area (TPSA) is 105 Å². The maximum Gasteiger partial charge on any atom is 0.327 e. The van der Waals surface area contributed by atoms with Crippen molar-refractivity contribution in [1.82, 2.24) is 15.5 Å². The molecule has 1 aliphatic heterocycles. The van der Waals surface area contributed by atoms with Crippen LogP contribution in [0.3, 0.4) is 0 Å². The van der Waals surface area contributed by atoms with Crippen molar-refractivity contribution in [3.63, 3.8) is 0 Å². The number of rotatable bonds is 7. The van der Waals surface area contributed by atoms with Gasteiger partial charge in [-0.1, -0.05) is 12.1 Å². The highest BCUT2D eigenvalue weighted by atomic mass is 19.1. The molecule has 2 unspecified atom stereocenters. The zero-order valence-corrected chi connectivity index (χ0v) is 15.9. The van der Waals surface area contributed by atoms with Crippen LogP contribution in [0, 0.1) is 11.7 Å². The predicted molar refractivity (Wildman–Crippen MR) is 97.8 cm³/mol.